The highest BCUT2D eigenvalue weighted by Gasteiger charge is 2.14. The summed E-state index contributed by atoms with van der Waals surface area (Å²) in [5.74, 6) is 1.73. The number of alkyl halides is 1. The zero-order chi connectivity index (χ0) is 14.0. The zero-order valence-electron chi connectivity index (χ0n) is 12.3. The molecule has 19 heavy (non-hydrogen) atoms. The van der Waals surface area contributed by atoms with Gasteiger partial charge in [0.25, 0.3) is 0 Å². The first-order chi connectivity index (χ1) is 8.90. The predicted octanol–water partition coefficient (Wildman–Crippen LogP) is 4.56. The van der Waals surface area contributed by atoms with Crippen molar-refractivity contribution in [3.05, 3.63) is 29.6 Å². The second-order valence-corrected chi connectivity index (χ2v) is 6.80. The maximum atomic E-state index is 5.90. The first-order valence-corrected chi connectivity index (χ1v) is 7.46. The summed E-state index contributed by atoms with van der Waals surface area (Å²) in [6.45, 7) is 9.94. The van der Waals surface area contributed by atoms with Gasteiger partial charge in [0.2, 0.25) is 0 Å². The molecule has 2 aromatic rings. The second-order valence-electron chi connectivity index (χ2n) is 6.42. The van der Waals surface area contributed by atoms with Gasteiger partial charge in [-0.1, -0.05) is 26.8 Å². The number of aromatic nitrogens is 2. The average Bonchev–Trinajstić information content (AvgIpc) is 2.62. The lowest BCUT2D eigenvalue weighted by Gasteiger charge is -2.19. The summed E-state index contributed by atoms with van der Waals surface area (Å²) in [6.07, 6.45) is 1.97. The highest BCUT2D eigenvalue weighted by Crippen LogP contribution is 2.24. The second kappa shape index (κ2) is 5.54. The number of hydrogen-bond donors (Lipinski definition) is 0. The third-order valence-electron chi connectivity index (χ3n) is 3.39. The Balaban J connectivity index is 2.40. The number of benzene rings is 1. The van der Waals surface area contributed by atoms with Crippen molar-refractivity contribution in [3.63, 3.8) is 0 Å². The molecule has 0 amide bonds. The molecule has 0 saturated carbocycles. The Hall–Kier alpha value is -1.02. The summed E-state index contributed by atoms with van der Waals surface area (Å²) in [5, 5.41) is 0. The van der Waals surface area contributed by atoms with Gasteiger partial charge in [0.1, 0.15) is 5.82 Å². The minimum Gasteiger partial charge on any atom is -0.328 e. The van der Waals surface area contributed by atoms with Crippen LogP contribution in [-0.4, -0.2) is 15.4 Å². The minimum atomic E-state index is 0.333. The van der Waals surface area contributed by atoms with E-state index in [4.69, 9.17) is 16.6 Å². The fourth-order valence-electron chi connectivity index (χ4n) is 2.26. The summed E-state index contributed by atoms with van der Waals surface area (Å²) >= 11 is 5.90. The number of fused-ring (bicyclic) bond motifs is 1. The molecule has 104 valence electrons. The number of rotatable bonds is 4. The molecule has 2 nitrogen and oxygen atoms in total. The molecule has 0 spiro atoms. The molecule has 0 unspecified atom stereocenters. The molecule has 0 aliphatic heterocycles. The van der Waals surface area contributed by atoms with E-state index in [0.717, 1.165) is 30.7 Å². The van der Waals surface area contributed by atoms with E-state index < -0.39 is 0 Å². The van der Waals surface area contributed by atoms with E-state index in [1.54, 1.807) is 0 Å². The summed E-state index contributed by atoms with van der Waals surface area (Å²) < 4.78 is 2.34. The summed E-state index contributed by atoms with van der Waals surface area (Å²) in [7, 11) is 0. The Morgan fingerprint density at radius 2 is 2.00 bits per heavy atom. The standard InChI is InChI=1S/C16H23ClN2/c1-12-5-6-14-13(11-12)18-15(7-9-17)19(14)10-8-16(2,3)4/h5-6,11H,7-10H2,1-4H3. The minimum absolute atomic E-state index is 0.333. The van der Waals surface area contributed by atoms with E-state index in [-0.39, 0.29) is 0 Å². The Bertz CT molecular complexity index is 564. The Morgan fingerprint density at radius 3 is 2.63 bits per heavy atom. The molecule has 0 N–H and O–H groups in total. The summed E-state index contributed by atoms with van der Waals surface area (Å²) in [5.41, 5.74) is 3.91. The van der Waals surface area contributed by atoms with Crippen molar-refractivity contribution in [2.75, 3.05) is 5.88 Å². The van der Waals surface area contributed by atoms with Crippen LogP contribution in [0.2, 0.25) is 0 Å². The smallest absolute Gasteiger partial charge is 0.111 e. The molecular weight excluding hydrogens is 256 g/mol. The molecule has 1 aromatic heterocycles. The van der Waals surface area contributed by atoms with Crippen LogP contribution >= 0.6 is 11.6 Å². The number of aryl methyl sites for hydroxylation is 3. The van der Waals surface area contributed by atoms with Crippen LogP contribution in [-0.2, 0) is 13.0 Å². The first-order valence-electron chi connectivity index (χ1n) is 6.92. The van der Waals surface area contributed by atoms with Gasteiger partial charge in [-0.2, -0.15) is 0 Å². The Labute approximate surface area is 120 Å². The van der Waals surface area contributed by atoms with Crippen molar-refractivity contribution in [2.24, 2.45) is 5.41 Å². The molecule has 2 rings (SSSR count). The Kier molecular flexibility index (Phi) is 4.19. The fourth-order valence-corrected chi connectivity index (χ4v) is 2.43. The van der Waals surface area contributed by atoms with E-state index in [9.17, 15) is 0 Å². The van der Waals surface area contributed by atoms with Gasteiger partial charge in [0.05, 0.1) is 11.0 Å². The molecule has 0 fully saturated rings. The third kappa shape index (κ3) is 3.50. The maximum absolute atomic E-state index is 5.90. The maximum Gasteiger partial charge on any atom is 0.111 e. The van der Waals surface area contributed by atoms with Gasteiger partial charge < -0.3 is 4.57 Å². The van der Waals surface area contributed by atoms with Crippen molar-refractivity contribution >= 4 is 22.6 Å². The number of hydrogen-bond acceptors (Lipinski definition) is 1. The van der Waals surface area contributed by atoms with Gasteiger partial charge in [-0.3, -0.25) is 0 Å². The molecule has 3 heteroatoms. The van der Waals surface area contributed by atoms with Gasteiger partial charge in [0, 0.05) is 18.8 Å². The van der Waals surface area contributed by atoms with Crippen LogP contribution in [0.4, 0.5) is 0 Å². The topological polar surface area (TPSA) is 17.8 Å². The normalized spacial score (nSPS) is 12.3. The van der Waals surface area contributed by atoms with Crippen LogP contribution in [0.3, 0.4) is 0 Å². The predicted molar refractivity (Wildman–Crippen MR) is 83.0 cm³/mol. The molecule has 1 aromatic carbocycles. The van der Waals surface area contributed by atoms with Gasteiger partial charge >= 0.3 is 0 Å². The summed E-state index contributed by atoms with van der Waals surface area (Å²) in [6, 6.07) is 6.49. The van der Waals surface area contributed by atoms with Crippen LogP contribution in [0.15, 0.2) is 18.2 Å². The lowest BCUT2D eigenvalue weighted by Crippen LogP contribution is -2.12. The van der Waals surface area contributed by atoms with E-state index >= 15 is 0 Å². The fraction of sp³-hybridized carbons (Fsp3) is 0.562. The van der Waals surface area contributed by atoms with E-state index in [0.29, 0.717) is 11.3 Å². The van der Waals surface area contributed by atoms with Gasteiger partial charge in [-0.15, -0.1) is 11.6 Å². The van der Waals surface area contributed by atoms with Crippen LogP contribution in [0.25, 0.3) is 11.0 Å². The largest absolute Gasteiger partial charge is 0.328 e. The van der Waals surface area contributed by atoms with Crippen molar-refractivity contribution in [1.29, 1.82) is 0 Å². The van der Waals surface area contributed by atoms with Gasteiger partial charge in [-0.25, -0.2) is 4.98 Å². The van der Waals surface area contributed by atoms with E-state index in [2.05, 4.69) is 50.5 Å². The quantitative estimate of drug-likeness (QED) is 0.750. The first kappa shape index (κ1) is 14.4. The SMILES string of the molecule is Cc1ccc2c(c1)nc(CCCl)n2CCC(C)(C)C. The lowest BCUT2D eigenvalue weighted by atomic mass is 9.92. The van der Waals surface area contributed by atoms with Crippen LogP contribution < -0.4 is 0 Å². The van der Waals surface area contributed by atoms with E-state index in [1.807, 2.05) is 0 Å². The molecule has 0 bridgehead atoms. The molecule has 0 aliphatic carbocycles. The highest BCUT2D eigenvalue weighted by atomic mass is 35.5. The van der Waals surface area contributed by atoms with Crippen LogP contribution in [0.1, 0.15) is 38.6 Å². The van der Waals surface area contributed by atoms with Gasteiger partial charge in [0.15, 0.2) is 0 Å². The van der Waals surface area contributed by atoms with Crippen molar-refractivity contribution in [2.45, 2.75) is 47.1 Å². The molecule has 0 atom stereocenters. The number of imidazole rings is 1. The van der Waals surface area contributed by atoms with Crippen molar-refractivity contribution in [3.8, 4) is 0 Å². The summed E-state index contributed by atoms with van der Waals surface area (Å²) in [4.78, 5) is 4.74. The zero-order valence-corrected chi connectivity index (χ0v) is 13.1. The van der Waals surface area contributed by atoms with Crippen molar-refractivity contribution in [1.82, 2.24) is 9.55 Å². The molecular formula is C16H23ClN2. The van der Waals surface area contributed by atoms with E-state index in [1.165, 1.54) is 11.1 Å². The van der Waals surface area contributed by atoms with Crippen LogP contribution in [0, 0.1) is 12.3 Å². The number of nitrogens with zero attached hydrogens (tertiary/aromatic N) is 2. The Morgan fingerprint density at radius 1 is 1.26 bits per heavy atom. The average molecular weight is 279 g/mol. The highest BCUT2D eigenvalue weighted by molar-refractivity contribution is 6.17. The lowest BCUT2D eigenvalue weighted by molar-refractivity contribution is 0.350. The molecule has 0 saturated heterocycles. The molecule has 1 heterocycles. The van der Waals surface area contributed by atoms with Crippen LogP contribution in [0.5, 0.6) is 0 Å². The van der Waals surface area contributed by atoms with Crippen molar-refractivity contribution < 1.29 is 0 Å². The number of halogens is 1. The molecule has 0 radical (unpaired) electrons. The monoisotopic (exact) mass is 278 g/mol. The third-order valence-corrected chi connectivity index (χ3v) is 3.58. The molecule has 0 aliphatic rings. The van der Waals surface area contributed by atoms with Gasteiger partial charge in [-0.05, 0) is 36.5 Å².